The van der Waals surface area contributed by atoms with Gasteiger partial charge in [0.1, 0.15) is 0 Å². The first kappa shape index (κ1) is 10.2. The van der Waals surface area contributed by atoms with Gasteiger partial charge in [-0.05, 0) is 6.92 Å². The van der Waals surface area contributed by atoms with Crippen LogP contribution in [0.5, 0.6) is 0 Å². The number of amides is 1. The van der Waals surface area contributed by atoms with Crippen LogP contribution in [0, 0.1) is 0 Å². The summed E-state index contributed by atoms with van der Waals surface area (Å²) in [5.74, 6) is 0. The lowest BCUT2D eigenvalue weighted by molar-refractivity contribution is 0.0791. The Kier molecular flexibility index (Phi) is 5.50. The normalized spacial score (nSPS) is 12.5. The van der Waals surface area contributed by atoms with Gasteiger partial charge in [-0.1, -0.05) is 0 Å². The fraction of sp³-hybridized carbons (Fsp3) is 0.833. The lowest BCUT2D eigenvalue weighted by atomic mass is 10.4. The van der Waals surface area contributed by atoms with Crippen molar-refractivity contribution in [3.63, 3.8) is 0 Å². The van der Waals surface area contributed by atoms with E-state index in [0.717, 1.165) is 0 Å². The first-order chi connectivity index (χ1) is 5.16. The van der Waals surface area contributed by atoms with Crippen LogP contribution in [0.15, 0.2) is 0 Å². The third-order valence-electron chi connectivity index (χ3n) is 0.973. The number of aliphatic hydroxyl groups excluding tert-OH is 1. The molecular weight excluding hydrogens is 150 g/mol. The predicted molar refractivity (Wildman–Crippen MR) is 38.5 cm³/mol. The van der Waals surface area contributed by atoms with Crippen LogP contribution in [0.25, 0.3) is 0 Å². The second-order valence-corrected chi connectivity index (χ2v) is 2.15. The Hall–Kier alpha value is -0.810. The summed E-state index contributed by atoms with van der Waals surface area (Å²) in [5.41, 5.74) is 0. The summed E-state index contributed by atoms with van der Waals surface area (Å²) in [4.78, 5) is 10.0. The quantitative estimate of drug-likeness (QED) is 0.484. The second kappa shape index (κ2) is 5.94. The molecule has 0 aromatic rings. The molecule has 0 spiro atoms. The third kappa shape index (κ3) is 7.08. The minimum absolute atomic E-state index is 0.0419. The maximum absolute atomic E-state index is 10.0. The molecule has 0 fully saturated rings. The van der Waals surface area contributed by atoms with Crippen LogP contribution in [-0.4, -0.2) is 42.2 Å². The van der Waals surface area contributed by atoms with Gasteiger partial charge < -0.3 is 20.3 Å². The van der Waals surface area contributed by atoms with E-state index in [1.165, 1.54) is 0 Å². The monoisotopic (exact) mass is 163 g/mol. The van der Waals surface area contributed by atoms with Crippen LogP contribution < -0.4 is 5.32 Å². The van der Waals surface area contributed by atoms with Gasteiger partial charge in [-0.3, -0.25) is 0 Å². The third-order valence-corrected chi connectivity index (χ3v) is 0.973. The first-order valence-corrected chi connectivity index (χ1v) is 3.35. The van der Waals surface area contributed by atoms with Crippen molar-refractivity contribution < 1.29 is 19.7 Å². The van der Waals surface area contributed by atoms with Crippen molar-refractivity contribution in [3.05, 3.63) is 0 Å². The smallest absolute Gasteiger partial charge is 0.404 e. The van der Waals surface area contributed by atoms with E-state index in [-0.39, 0.29) is 25.9 Å². The molecule has 11 heavy (non-hydrogen) atoms. The molecule has 0 aliphatic rings. The molecular formula is C6H13NO4. The minimum Gasteiger partial charge on any atom is -0.465 e. The average Bonchev–Trinajstić information content (AvgIpc) is 1.86. The summed E-state index contributed by atoms with van der Waals surface area (Å²) in [6.07, 6.45) is -1.06. The zero-order chi connectivity index (χ0) is 8.69. The molecule has 0 bridgehead atoms. The topological polar surface area (TPSA) is 78.8 Å². The van der Waals surface area contributed by atoms with Crippen molar-refractivity contribution in [3.8, 4) is 0 Å². The van der Waals surface area contributed by atoms with E-state index < -0.39 is 6.09 Å². The number of carbonyl (C=O) groups is 1. The van der Waals surface area contributed by atoms with Crippen molar-refractivity contribution in [2.75, 3.05) is 19.8 Å². The van der Waals surface area contributed by atoms with Crippen molar-refractivity contribution in [1.82, 2.24) is 5.32 Å². The van der Waals surface area contributed by atoms with E-state index in [1.807, 2.05) is 0 Å². The number of hydrogen-bond acceptors (Lipinski definition) is 3. The molecule has 0 saturated heterocycles. The Labute approximate surface area is 65.0 Å². The fourth-order valence-corrected chi connectivity index (χ4v) is 0.577. The van der Waals surface area contributed by atoms with E-state index in [4.69, 9.17) is 14.9 Å². The maximum Gasteiger partial charge on any atom is 0.404 e. The van der Waals surface area contributed by atoms with Crippen LogP contribution in [0.2, 0.25) is 0 Å². The van der Waals surface area contributed by atoms with Crippen molar-refractivity contribution in [2.45, 2.75) is 13.0 Å². The number of rotatable bonds is 5. The predicted octanol–water partition coefficient (Wildman–Crippen LogP) is -0.349. The Morgan fingerprint density at radius 1 is 1.73 bits per heavy atom. The fourth-order valence-electron chi connectivity index (χ4n) is 0.577. The number of hydrogen-bond donors (Lipinski definition) is 3. The number of ether oxygens (including phenoxy) is 1. The van der Waals surface area contributed by atoms with Crippen molar-refractivity contribution in [1.29, 1.82) is 0 Å². The molecule has 0 radical (unpaired) electrons. The first-order valence-electron chi connectivity index (χ1n) is 3.35. The van der Waals surface area contributed by atoms with E-state index in [1.54, 1.807) is 6.92 Å². The van der Waals surface area contributed by atoms with E-state index in [2.05, 4.69) is 5.32 Å². The zero-order valence-corrected chi connectivity index (χ0v) is 6.41. The van der Waals surface area contributed by atoms with Gasteiger partial charge in [-0.2, -0.15) is 0 Å². The van der Waals surface area contributed by atoms with Gasteiger partial charge >= 0.3 is 6.09 Å². The van der Waals surface area contributed by atoms with Gasteiger partial charge in [0.05, 0.1) is 25.9 Å². The SMILES string of the molecule is CC(COCCO)NC(=O)O. The Bertz CT molecular complexity index is 117. The van der Waals surface area contributed by atoms with Gasteiger partial charge in [0, 0.05) is 0 Å². The molecule has 0 aromatic carbocycles. The van der Waals surface area contributed by atoms with Crippen LogP contribution in [0.1, 0.15) is 6.92 Å². The molecule has 66 valence electrons. The molecule has 1 unspecified atom stereocenters. The van der Waals surface area contributed by atoms with Gasteiger partial charge in [0.2, 0.25) is 0 Å². The van der Waals surface area contributed by atoms with Gasteiger partial charge in [-0.25, -0.2) is 4.79 Å². The molecule has 0 saturated carbocycles. The number of aliphatic hydroxyl groups is 1. The molecule has 0 aliphatic heterocycles. The molecule has 1 amide bonds. The number of carboxylic acid groups (broad SMARTS) is 1. The van der Waals surface area contributed by atoms with Crippen LogP contribution >= 0.6 is 0 Å². The summed E-state index contributed by atoms with van der Waals surface area (Å²) in [6, 6.07) is -0.237. The number of nitrogens with one attached hydrogen (secondary N) is 1. The van der Waals surface area contributed by atoms with Crippen LogP contribution in [0.3, 0.4) is 0 Å². The summed E-state index contributed by atoms with van der Waals surface area (Å²) < 4.78 is 4.87. The summed E-state index contributed by atoms with van der Waals surface area (Å²) in [6.45, 7) is 2.17. The van der Waals surface area contributed by atoms with Gasteiger partial charge in [0.15, 0.2) is 0 Å². The van der Waals surface area contributed by atoms with Crippen molar-refractivity contribution >= 4 is 6.09 Å². The van der Waals surface area contributed by atoms with E-state index in [0.29, 0.717) is 0 Å². The Morgan fingerprint density at radius 2 is 2.36 bits per heavy atom. The highest BCUT2D eigenvalue weighted by atomic mass is 16.5. The van der Waals surface area contributed by atoms with Gasteiger partial charge in [-0.15, -0.1) is 0 Å². The van der Waals surface area contributed by atoms with E-state index >= 15 is 0 Å². The average molecular weight is 163 g/mol. The second-order valence-electron chi connectivity index (χ2n) is 2.15. The molecule has 0 aromatic heterocycles. The summed E-state index contributed by atoms with van der Waals surface area (Å²) in [7, 11) is 0. The molecule has 3 N–H and O–H groups in total. The minimum atomic E-state index is -1.06. The highest BCUT2D eigenvalue weighted by molar-refractivity contribution is 5.64. The largest absolute Gasteiger partial charge is 0.465 e. The molecule has 0 heterocycles. The summed E-state index contributed by atoms with van der Waals surface area (Å²) in [5, 5.41) is 18.7. The van der Waals surface area contributed by atoms with Crippen LogP contribution in [-0.2, 0) is 4.74 Å². The van der Waals surface area contributed by atoms with Gasteiger partial charge in [0.25, 0.3) is 0 Å². The molecule has 5 heteroatoms. The Balaban J connectivity index is 3.22. The molecule has 0 rings (SSSR count). The maximum atomic E-state index is 10.0. The van der Waals surface area contributed by atoms with E-state index in [9.17, 15) is 4.79 Å². The standard InChI is InChI=1S/C6H13NO4/c1-5(7-6(9)10)4-11-3-2-8/h5,7-8H,2-4H2,1H3,(H,9,10). The molecule has 5 nitrogen and oxygen atoms in total. The van der Waals surface area contributed by atoms with Crippen molar-refractivity contribution in [2.24, 2.45) is 0 Å². The Morgan fingerprint density at radius 3 is 2.82 bits per heavy atom. The molecule has 1 atom stereocenters. The lowest BCUT2D eigenvalue weighted by Crippen LogP contribution is -2.34. The summed E-state index contributed by atoms with van der Waals surface area (Å²) >= 11 is 0. The zero-order valence-electron chi connectivity index (χ0n) is 6.41. The lowest BCUT2D eigenvalue weighted by Gasteiger charge is -2.10. The highest BCUT2D eigenvalue weighted by Crippen LogP contribution is 1.83. The van der Waals surface area contributed by atoms with Crippen LogP contribution in [0.4, 0.5) is 4.79 Å². The highest BCUT2D eigenvalue weighted by Gasteiger charge is 2.03. The molecule has 0 aliphatic carbocycles.